The molecule has 2 aromatic carbocycles. The molecule has 0 N–H and O–H groups in total. The fourth-order valence-corrected chi connectivity index (χ4v) is 3.93. The molecule has 1 unspecified atom stereocenters. The van der Waals surface area contributed by atoms with E-state index < -0.39 is 0 Å². The topological polar surface area (TPSA) is 0 Å². The van der Waals surface area contributed by atoms with E-state index in [1.54, 1.807) is 11.1 Å². The molecular formula is C17H14S. The molecule has 0 amide bonds. The first-order chi connectivity index (χ1) is 8.92. The van der Waals surface area contributed by atoms with Gasteiger partial charge in [-0.05, 0) is 58.5 Å². The molecule has 1 aromatic heterocycles. The standard InChI is InChI=1S/C17H14S/c1-2-4-12(5-3-1)15-7-6-13-11-17-14(8-9-18-17)10-16(13)15/h1-5,8-11,15H,6-7H2. The molecule has 4 rings (SSSR count). The molecule has 0 saturated heterocycles. The number of fused-ring (bicyclic) bond motifs is 2. The van der Waals surface area contributed by atoms with Crippen molar-refractivity contribution >= 4 is 21.4 Å². The molecule has 1 atom stereocenters. The molecule has 0 fully saturated rings. The first kappa shape index (κ1) is 10.3. The second-order valence-corrected chi connectivity index (χ2v) is 5.96. The van der Waals surface area contributed by atoms with Crippen molar-refractivity contribution in [3.05, 3.63) is 70.6 Å². The average Bonchev–Trinajstić information content (AvgIpc) is 3.02. The van der Waals surface area contributed by atoms with Crippen LogP contribution in [-0.2, 0) is 6.42 Å². The molecule has 0 radical (unpaired) electrons. The van der Waals surface area contributed by atoms with Gasteiger partial charge in [0.25, 0.3) is 0 Å². The van der Waals surface area contributed by atoms with Gasteiger partial charge in [0.1, 0.15) is 0 Å². The van der Waals surface area contributed by atoms with Crippen LogP contribution >= 0.6 is 11.3 Å². The number of hydrogen-bond donors (Lipinski definition) is 0. The summed E-state index contributed by atoms with van der Waals surface area (Å²) < 4.78 is 1.43. The fraction of sp³-hybridized carbons (Fsp3) is 0.176. The maximum atomic E-state index is 2.41. The highest BCUT2D eigenvalue weighted by Gasteiger charge is 2.24. The van der Waals surface area contributed by atoms with Crippen LogP contribution in [0.4, 0.5) is 0 Å². The second-order valence-electron chi connectivity index (χ2n) is 5.01. The van der Waals surface area contributed by atoms with E-state index in [2.05, 4.69) is 53.9 Å². The molecule has 1 aliphatic carbocycles. The van der Waals surface area contributed by atoms with Crippen LogP contribution in [-0.4, -0.2) is 0 Å². The summed E-state index contributed by atoms with van der Waals surface area (Å²) in [5, 5.41) is 3.60. The molecule has 1 heterocycles. The van der Waals surface area contributed by atoms with Crippen molar-refractivity contribution in [2.75, 3.05) is 0 Å². The molecule has 18 heavy (non-hydrogen) atoms. The summed E-state index contributed by atoms with van der Waals surface area (Å²) in [6.45, 7) is 0. The van der Waals surface area contributed by atoms with Gasteiger partial charge in [-0.15, -0.1) is 11.3 Å². The van der Waals surface area contributed by atoms with E-state index in [0.29, 0.717) is 5.92 Å². The Labute approximate surface area is 111 Å². The van der Waals surface area contributed by atoms with E-state index in [0.717, 1.165) is 0 Å². The largest absolute Gasteiger partial charge is 0.144 e. The third-order valence-corrected chi connectivity index (χ3v) is 4.87. The van der Waals surface area contributed by atoms with Gasteiger partial charge >= 0.3 is 0 Å². The molecule has 1 heteroatoms. The highest BCUT2D eigenvalue weighted by molar-refractivity contribution is 7.17. The lowest BCUT2D eigenvalue weighted by atomic mass is 9.92. The monoisotopic (exact) mass is 250 g/mol. The number of hydrogen-bond acceptors (Lipinski definition) is 1. The van der Waals surface area contributed by atoms with E-state index in [1.807, 2.05) is 11.3 Å². The van der Waals surface area contributed by atoms with Crippen LogP contribution in [0, 0.1) is 0 Å². The van der Waals surface area contributed by atoms with E-state index in [9.17, 15) is 0 Å². The van der Waals surface area contributed by atoms with E-state index >= 15 is 0 Å². The maximum Gasteiger partial charge on any atom is 0.0345 e. The average molecular weight is 250 g/mol. The molecule has 0 saturated carbocycles. The van der Waals surface area contributed by atoms with Crippen molar-refractivity contribution in [1.82, 2.24) is 0 Å². The maximum absolute atomic E-state index is 2.41. The summed E-state index contributed by atoms with van der Waals surface area (Å²) in [4.78, 5) is 0. The lowest BCUT2D eigenvalue weighted by Gasteiger charge is -2.12. The Kier molecular flexibility index (Phi) is 2.27. The van der Waals surface area contributed by atoms with Crippen LogP contribution in [0.5, 0.6) is 0 Å². The Balaban J connectivity index is 1.88. The van der Waals surface area contributed by atoms with Gasteiger partial charge < -0.3 is 0 Å². The number of aryl methyl sites for hydroxylation is 1. The van der Waals surface area contributed by atoms with Gasteiger partial charge in [0.05, 0.1) is 0 Å². The smallest absolute Gasteiger partial charge is 0.0345 e. The number of benzene rings is 2. The Morgan fingerprint density at radius 1 is 1.00 bits per heavy atom. The van der Waals surface area contributed by atoms with Crippen molar-refractivity contribution in [3.63, 3.8) is 0 Å². The fourth-order valence-electron chi connectivity index (χ4n) is 3.10. The molecular weight excluding hydrogens is 236 g/mol. The summed E-state index contributed by atoms with van der Waals surface area (Å²) in [5.41, 5.74) is 4.57. The lowest BCUT2D eigenvalue weighted by molar-refractivity contribution is 0.788. The Hall–Kier alpha value is -1.60. The third kappa shape index (κ3) is 1.51. The quantitative estimate of drug-likeness (QED) is 0.571. The van der Waals surface area contributed by atoms with Gasteiger partial charge in [-0.25, -0.2) is 0 Å². The van der Waals surface area contributed by atoms with Crippen LogP contribution in [0.15, 0.2) is 53.9 Å². The van der Waals surface area contributed by atoms with Gasteiger partial charge in [-0.3, -0.25) is 0 Å². The van der Waals surface area contributed by atoms with Crippen LogP contribution in [0.25, 0.3) is 10.1 Å². The zero-order chi connectivity index (χ0) is 11.9. The lowest BCUT2D eigenvalue weighted by Crippen LogP contribution is -1.95. The zero-order valence-electron chi connectivity index (χ0n) is 10.1. The highest BCUT2D eigenvalue weighted by atomic mass is 32.1. The molecule has 1 aliphatic rings. The third-order valence-electron chi connectivity index (χ3n) is 3.99. The molecule has 0 nitrogen and oxygen atoms in total. The van der Waals surface area contributed by atoms with Crippen molar-refractivity contribution < 1.29 is 0 Å². The van der Waals surface area contributed by atoms with Crippen molar-refractivity contribution in [3.8, 4) is 0 Å². The van der Waals surface area contributed by atoms with Gasteiger partial charge in [0.15, 0.2) is 0 Å². The SMILES string of the molecule is c1ccc(C2CCc3cc4sccc4cc32)cc1. The minimum Gasteiger partial charge on any atom is -0.144 e. The first-order valence-electron chi connectivity index (χ1n) is 6.47. The predicted octanol–water partition coefficient (Wildman–Crippen LogP) is 4.98. The summed E-state index contributed by atoms with van der Waals surface area (Å²) >= 11 is 1.85. The van der Waals surface area contributed by atoms with E-state index in [4.69, 9.17) is 0 Å². The van der Waals surface area contributed by atoms with Crippen LogP contribution in [0.3, 0.4) is 0 Å². The van der Waals surface area contributed by atoms with Crippen molar-refractivity contribution in [2.45, 2.75) is 18.8 Å². The molecule has 88 valence electrons. The summed E-state index contributed by atoms with van der Waals surface area (Å²) in [6.07, 6.45) is 2.49. The molecule has 3 aromatic rings. The van der Waals surface area contributed by atoms with Crippen molar-refractivity contribution in [1.29, 1.82) is 0 Å². The number of rotatable bonds is 1. The van der Waals surface area contributed by atoms with E-state index in [1.165, 1.54) is 28.5 Å². The van der Waals surface area contributed by atoms with Crippen molar-refractivity contribution in [2.24, 2.45) is 0 Å². The van der Waals surface area contributed by atoms with Crippen LogP contribution in [0.2, 0.25) is 0 Å². The van der Waals surface area contributed by atoms with Gasteiger partial charge in [0.2, 0.25) is 0 Å². The molecule has 0 spiro atoms. The van der Waals surface area contributed by atoms with Crippen LogP contribution < -0.4 is 0 Å². The first-order valence-corrected chi connectivity index (χ1v) is 7.35. The highest BCUT2D eigenvalue weighted by Crippen LogP contribution is 2.40. The van der Waals surface area contributed by atoms with Gasteiger partial charge in [-0.2, -0.15) is 0 Å². The van der Waals surface area contributed by atoms with Crippen LogP contribution in [0.1, 0.15) is 29.0 Å². The second kappa shape index (κ2) is 3.96. The summed E-state index contributed by atoms with van der Waals surface area (Å²) in [6, 6.07) is 18.0. The minimum atomic E-state index is 0.602. The number of thiophene rings is 1. The summed E-state index contributed by atoms with van der Waals surface area (Å²) in [5.74, 6) is 0.602. The summed E-state index contributed by atoms with van der Waals surface area (Å²) in [7, 11) is 0. The molecule has 0 aliphatic heterocycles. The van der Waals surface area contributed by atoms with Gasteiger partial charge in [-0.1, -0.05) is 30.3 Å². The normalized spacial score (nSPS) is 18.1. The predicted molar refractivity (Wildman–Crippen MR) is 78.4 cm³/mol. The van der Waals surface area contributed by atoms with Gasteiger partial charge in [0, 0.05) is 10.6 Å². The Bertz CT molecular complexity index is 694. The van der Waals surface area contributed by atoms with E-state index in [-0.39, 0.29) is 0 Å². The molecule has 0 bridgehead atoms. The Morgan fingerprint density at radius 2 is 1.89 bits per heavy atom. The minimum absolute atomic E-state index is 0.602. The zero-order valence-corrected chi connectivity index (χ0v) is 10.9. The Morgan fingerprint density at radius 3 is 2.78 bits per heavy atom.